The number of hydrogen-bond acceptors (Lipinski definition) is 4. The Morgan fingerprint density at radius 1 is 1.58 bits per heavy atom. The van der Waals surface area contributed by atoms with Crippen molar-refractivity contribution in [1.82, 2.24) is 10.2 Å². The number of aliphatic hydroxyl groups excluding tert-OH is 1. The molecule has 5 heteroatoms. The Balaban J connectivity index is 1.98. The molecule has 0 saturated carbocycles. The number of piperidine rings is 1. The minimum absolute atomic E-state index is 0.0493. The number of carbonyl (C=O) groups is 1. The zero-order chi connectivity index (χ0) is 13.7. The molecule has 0 radical (unpaired) electrons. The zero-order valence-corrected chi connectivity index (χ0v) is 11.8. The molecule has 0 bridgehead atoms. The number of likely N-dealkylation sites (tertiary alicyclic amines) is 1. The number of aliphatic hydroxyl groups is 1. The molecule has 0 aliphatic carbocycles. The van der Waals surface area contributed by atoms with Crippen LogP contribution in [0.25, 0.3) is 0 Å². The Morgan fingerprint density at radius 2 is 2.32 bits per heavy atom. The zero-order valence-electron chi connectivity index (χ0n) is 11.0. The minimum atomic E-state index is -0.189. The fraction of sp³-hybridized carbons (Fsp3) is 0.500. The van der Waals surface area contributed by atoms with E-state index < -0.39 is 0 Å². The normalized spacial score (nSPS) is 16.7. The maximum atomic E-state index is 12.2. The Kier molecular flexibility index (Phi) is 4.97. The number of hydrogen-bond donors (Lipinski definition) is 2. The lowest BCUT2D eigenvalue weighted by molar-refractivity contribution is 0.0921. The van der Waals surface area contributed by atoms with Gasteiger partial charge in [-0.15, -0.1) is 11.3 Å². The summed E-state index contributed by atoms with van der Waals surface area (Å²) in [5.74, 6) is 5.34. The van der Waals surface area contributed by atoms with Crippen molar-refractivity contribution in [2.24, 2.45) is 0 Å². The average Bonchev–Trinajstić information content (AvgIpc) is 2.87. The van der Waals surface area contributed by atoms with Crippen molar-refractivity contribution in [2.45, 2.75) is 18.9 Å². The highest BCUT2D eigenvalue weighted by Gasteiger charge is 2.20. The quantitative estimate of drug-likeness (QED) is 0.791. The molecule has 0 spiro atoms. The third kappa shape index (κ3) is 3.80. The maximum Gasteiger partial charge on any atom is 0.262 e. The van der Waals surface area contributed by atoms with Crippen LogP contribution in [0.5, 0.6) is 0 Å². The summed E-state index contributed by atoms with van der Waals surface area (Å²) in [6.07, 6.45) is 1.98. The Morgan fingerprint density at radius 3 is 3.00 bits per heavy atom. The van der Waals surface area contributed by atoms with Gasteiger partial charge in [0.05, 0.1) is 0 Å². The smallest absolute Gasteiger partial charge is 0.262 e. The topological polar surface area (TPSA) is 52.6 Å². The lowest BCUT2D eigenvalue weighted by Crippen LogP contribution is -2.43. The number of amides is 1. The van der Waals surface area contributed by atoms with E-state index in [9.17, 15) is 4.79 Å². The van der Waals surface area contributed by atoms with Gasteiger partial charge in [0.2, 0.25) is 0 Å². The maximum absolute atomic E-state index is 12.2. The number of thiophene rings is 1. The van der Waals surface area contributed by atoms with Gasteiger partial charge in [-0.1, -0.05) is 11.8 Å². The van der Waals surface area contributed by atoms with Crippen LogP contribution in [0, 0.1) is 11.8 Å². The molecule has 2 N–H and O–H groups in total. The van der Waals surface area contributed by atoms with E-state index in [-0.39, 0.29) is 18.6 Å². The predicted octanol–water partition coefficient (Wildman–Crippen LogP) is 0.916. The summed E-state index contributed by atoms with van der Waals surface area (Å²) in [5.41, 5.74) is 0.699. The highest BCUT2D eigenvalue weighted by Crippen LogP contribution is 2.17. The third-order valence-corrected chi connectivity index (χ3v) is 4.14. The molecule has 19 heavy (non-hydrogen) atoms. The first-order valence-corrected chi connectivity index (χ1v) is 7.25. The highest BCUT2D eigenvalue weighted by molar-refractivity contribution is 7.12. The molecule has 2 heterocycles. The van der Waals surface area contributed by atoms with Crippen LogP contribution < -0.4 is 5.32 Å². The van der Waals surface area contributed by atoms with Crippen molar-refractivity contribution in [3.63, 3.8) is 0 Å². The van der Waals surface area contributed by atoms with E-state index in [0.717, 1.165) is 25.9 Å². The molecule has 2 rings (SSSR count). The summed E-state index contributed by atoms with van der Waals surface area (Å²) in [6, 6.07) is 2.07. The Labute approximate surface area is 117 Å². The van der Waals surface area contributed by atoms with E-state index in [0.29, 0.717) is 10.4 Å². The van der Waals surface area contributed by atoms with E-state index in [1.165, 1.54) is 11.3 Å². The van der Waals surface area contributed by atoms with Crippen LogP contribution in [-0.4, -0.2) is 48.7 Å². The Bertz CT molecular complexity index is 493. The molecule has 0 unspecified atom stereocenters. The first kappa shape index (κ1) is 14.1. The van der Waals surface area contributed by atoms with Crippen LogP contribution in [0.4, 0.5) is 0 Å². The van der Waals surface area contributed by atoms with E-state index in [2.05, 4.69) is 29.1 Å². The van der Waals surface area contributed by atoms with Gasteiger partial charge in [0, 0.05) is 11.6 Å². The minimum Gasteiger partial charge on any atom is -0.384 e. The second kappa shape index (κ2) is 6.71. The van der Waals surface area contributed by atoms with Crippen molar-refractivity contribution in [1.29, 1.82) is 0 Å². The molecule has 1 aromatic heterocycles. The summed E-state index contributed by atoms with van der Waals surface area (Å²) >= 11 is 1.39. The van der Waals surface area contributed by atoms with E-state index >= 15 is 0 Å². The van der Waals surface area contributed by atoms with Gasteiger partial charge in [-0.3, -0.25) is 4.79 Å². The van der Waals surface area contributed by atoms with E-state index in [1.807, 2.05) is 11.4 Å². The average molecular weight is 278 g/mol. The van der Waals surface area contributed by atoms with Crippen LogP contribution in [0.3, 0.4) is 0 Å². The summed E-state index contributed by atoms with van der Waals surface area (Å²) in [5, 5.41) is 13.6. The fourth-order valence-electron chi connectivity index (χ4n) is 2.12. The molecule has 1 saturated heterocycles. The van der Waals surface area contributed by atoms with Crippen molar-refractivity contribution in [2.75, 3.05) is 26.7 Å². The van der Waals surface area contributed by atoms with Gasteiger partial charge in [0.1, 0.15) is 11.5 Å². The molecule has 1 aliphatic heterocycles. The number of carbonyl (C=O) groups excluding carboxylic acids is 1. The number of rotatable bonds is 2. The highest BCUT2D eigenvalue weighted by atomic mass is 32.1. The molecule has 1 fully saturated rings. The molecule has 1 amide bonds. The summed E-state index contributed by atoms with van der Waals surface area (Å²) in [7, 11) is 2.10. The van der Waals surface area contributed by atoms with Crippen LogP contribution in [-0.2, 0) is 0 Å². The van der Waals surface area contributed by atoms with Gasteiger partial charge >= 0.3 is 0 Å². The monoisotopic (exact) mass is 278 g/mol. The van der Waals surface area contributed by atoms with Crippen LogP contribution >= 0.6 is 11.3 Å². The second-order valence-electron chi connectivity index (χ2n) is 4.67. The standard InChI is InChI=1S/C14H18N2O2S/c1-16-7-4-12(5-8-16)15-14(18)13-11(3-2-9-17)6-10-19-13/h6,10,12,17H,4-5,7-9H2,1H3,(H,15,18). The van der Waals surface area contributed by atoms with Crippen molar-refractivity contribution >= 4 is 17.2 Å². The number of nitrogens with one attached hydrogen (secondary N) is 1. The molecule has 102 valence electrons. The van der Waals surface area contributed by atoms with Crippen molar-refractivity contribution in [3.05, 3.63) is 21.9 Å². The largest absolute Gasteiger partial charge is 0.384 e. The lowest BCUT2D eigenvalue weighted by atomic mass is 10.1. The van der Waals surface area contributed by atoms with Gasteiger partial charge < -0.3 is 15.3 Å². The van der Waals surface area contributed by atoms with Crippen LogP contribution in [0.15, 0.2) is 11.4 Å². The summed E-state index contributed by atoms with van der Waals surface area (Å²) < 4.78 is 0. The predicted molar refractivity (Wildman–Crippen MR) is 76.3 cm³/mol. The van der Waals surface area contributed by atoms with Crippen LogP contribution in [0.1, 0.15) is 28.1 Å². The van der Waals surface area contributed by atoms with E-state index in [1.54, 1.807) is 0 Å². The van der Waals surface area contributed by atoms with E-state index in [4.69, 9.17) is 5.11 Å². The van der Waals surface area contributed by atoms with Crippen molar-refractivity contribution in [3.8, 4) is 11.8 Å². The molecule has 1 aliphatic rings. The van der Waals surface area contributed by atoms with Gasteiger partial charge in [0.25, 0.3) is 5.91 Å². The second-order valence-corrected chi connectivity index (χ2v) is 5.59. The van der Waals surface area contributed by atoms with Gasteiger partial charge in [0.15, 0.2) is 0 Å². The summed E-state index contributed by atoms with van der Waals surface area (Å²) in [4.78, 5) is 15.1. The Hall–Kier alpha value is -1.35. The lowest BCUT2D eigenvalue weighted by Gasteiger charge is -2.29. The molecular formula is C14H18N2O2S. The third-order valence-electron chi connectivity index (χ3n) is 3.23. The molecular weight excluding hydrogens is 260 g/mol. The molecule has 4 nitrogen and oxygen atoms in total. The van der Waals surface area contributed by atoms with Crippen LogP contribution in [0.2, 0.25) is 0 Å². The first-order valence-electron chi connectivity index (χ1n) is 6.37. The summed E-state index contributed by atoms with van der Waals surface area (Å²) in [6.45, 7) is 1.85. The van der Waals surface area contributed by atoms with Crippen molar-refractivity contribution < 1.29 is 9.90 Å². The first-order chi connectivity index (χ1) is 9.20. The van der Waals surface area contributed by atoms with Gasteiger partial charge in [-0.05, 0) is 44.4 Å². The molecule has 0 aromatic carbocycles. The SMILES string of the molecule is CN1CCC(NC(=O)c2sccc2C#CCO)CC1. The molecule has 1 aromatic rings. The van der Waals surface area contributed by atoms with Gasteiger partial charge in [-0.2, -0.15) is 0 Å². The fourth-order valence-corrected chi connectivity index (χ4v) is 2.87. The molecule has 0 atom stereocenters. The van der Waals surface area contributed by atoms with Gasteiger partial charge in [-0.25, -0.2) is 0 Å². The number of nitrogens with zero attached hydrogens (tertiary/aromatic N) is 1.